The molecule has 2 N–H and O–H groups in total. The van der Waals surface area contributed by atoms with Crippen molar-refractivity contribution < 1.29 is 14.6 Å². The molecule has 3 aromatic rings. The zero-order chi connectivity index (χ0) is 15.5. The van der Waals surface area contributed by atoms with Crippen LogP contribution in [0.2, 0.25) is 0 Å². The van der Waals surface area contributed by atoms with E-state index in [1.807, 2.05) is 24.3 Å². The molecule has 0 saturated carbocycles. The minimum atomic E-state index is -1.00. The molecule has 0 aliphatic heterocycles. The van der Waals surface area contributed by atoms with Gasteiger partial charge in [-0.05, 0) is 25.1 Å². The van der Waals surface area contributed by atoms with Crippen LogP contribution in [0.1, 0.15) is 34.8 Å². The summed E-state index contributed by atoms with van der Waals surface area (Å²) in [7, 11) is 0. The van der Waals surface area contributed by atoms with Crippen LogP contribution >= 0.6 is 0 Å². The summed E-state index contributed by atoms with van der Waals surface area (Å²) in [4.78, 5) is 19.4. The van der Waals surface area contributed by atoms with Crippen molar-refractivity contribution in [1.82, 2.24) is 9.97 Å². The SMILES string of the molecule is CCOC(=O)c1[nH]c2ccccc2c1[C@H](O)c1ccccn1. The van der Waals surface area contributed by atoms with Crippen molar-refractivity contribution >= 4 is 16.9 Å². The third-order valence-electron chi connectivity index (χ3n) is 3.47. The maximum Gasteiger partial charge on any atom is 0.355 e. The van der Waals surface area contributed by atoms with Gasteiger partial charge in [0.2, 0.25) is 0 Å². The number of carbonyl (C=O) groups excluding carboxylic acids is 1. The normalized spacial score (nSPS) is 12.3. The summed E-state index contributed by atoms with van der Waals surface area (Å²) in [6.07, 6.45) is 0.606. The second kappa shape index (κ2) is 5.99. The van der Waals surface area contributed by atoms with E-state index in [1.54, 1.807) is 31.3 Å². The molecule has 2 aromatic heterocycles. The highest BCUT2D eigenvalue weighted by Gasteiger charge is 2.25. The van der Waals surface area contributed by atoms with Gasteiger partial charge in [-0.2, -0.15) is 0 Å². The van der Waals surface area contributed by atoms with Gasteiger partial charge in [0, 0.05) is 22.7 Å². The molecular formula is C17H16N2O3. The number of aromatic amines is 1. The molecule has 0 saturated heterocycles. The number of hydrogen-bond donors (Lipinski definition) is 2. The number of esters is 1. The Morgan fingerprint density at radius 3 is 2.77 bits per heavy atom. The zero-order valence-corrected chi connectivity index (χ0v) is 12.1. The number of carbonyl (C=O) groups is 1. The van der Waals surface area contributed by atoms with Gasteiger partial charge >= 0.3 is 5.97 Å². The standard InChI is InChI=1S/C17H16N2O3/c1-2-22-17(21)15-14(11-7-3-4-8-12(11)19-15)16(20)13-9-5-6-10-18-13/h3-10,16,19-20H,2H2,1H3/t16-/m1/s1. The van der Waals surface area contributed by atoms with Crippen molar-refractivity contribution in [3.8, 4) is 0 Å². The minimum absolute atomic E-state index is 0.265. The predicted molar refractivity (Wildman–Crippen MR) is 82.6 cm³/mol. The van der Waals surface area contributed by atoms with E-state index in [9.17, 15) is 9.90 Å². The Morgan fingerprint density at radius 2 is 2.05 bits per heavy atom. The van der Waals surface area contributed by atoms with E-state index in [4.69, 9.17) is 4.74 Å². The van der Waals surface area contributed by atoms with Gasteiger partial charge in [0.1, 0.15) is 11.8 Å². The molecule has 3 rings (SSSR count). The number of aromatic nitrogens is 2. The lowest BCUT2D eigenvalue weighted by molar-refractivity contribution is 0.0515. The maximum atomic E-state index is 12.2. The summed E-state index contributed by atoms with van der Waals surface area (Å²) < 4.78 is 5.08. The highest BCUT2D eigenvalue weighted by atomic mass is 16.5. The fourth-order valence-corrected chi connectivity index (χ4v) is 2.50. The van der Waals surface area contributed by atoms with Crippen LogP contribution in [0.15, 0.2) is 48.7 Å². The molecule has 0 bridgehead atoms. The van der Waals surface area contributed by atoms with Gasteiger partial charge in [-0.15, -0.1) is 0 Å². The topological polar surface area (TPSA) is 75.2 Å². The summed E-state index contributed by atoms with van der Waals surface area (Å²) in [5, 5.41) is 11.5. The van der Waals surface area contributed by atoms with Gasteiger partial charge < -0.3 is 14.8 Å². The number of H-pyrrole nitrogens is 1. The van der Waals surface area contributed by atoms with E-state index in [0.29, 0.717) is 11.3 Å². The number of fused-ring (bicyclic) bond motifs is 1. The van der Waals surface area contributed by atoms with Crippen LogP contribution in [0.5, 0.6) is 0 Å². The van der Waals surface area contributed by atoms with Gasteiger partial charge in [0.05, 0.1) is 12.3 Å². The lowest BCUT2D eigenvalue weighted by atomic mass is 10.0. The number of rotatable bonds is 4. The quantitative estimate of drug-likeness (QED) is 0.726. The Bertz CT molecular complexity index is 796. The van der Waals surface area contributed by atoms with Crippen molar-refractivity contribution in [2.24, 2.45) is 0 Å². The van der Waals surface area contributed by atoms with Crippen LogP contribution in [0.3, 0.4) is 0 Å². The van der Waals surface area contributed by atoms with E-state index < -0.39 is 12.1 Å². The molecule has 0 radical (unpaired) electrons. The third-order valence-corrected chi connectivity index (χ3v) is 3.47. The minimum Gasteiger partial charge on any atom is -0.461 e. The molecule has 5 heteroatoms. The molecule has 0 unspecified atom stereocenters. The number of para-hydroxylation sites is 1. The molecule has 0 amide bonds. The Hall–Kier alpha value is -2.66. The van der Waals surface area contributed by atoms with E-state index >= 15 is 0 Å². The number of pyridine rings is 1. The molecule has 0 aliphatic rings. The molecule has 22 heavy (non-hydrogen) atoms. The number of hydrogen-bond acceptors (Lipinski definition) is 4. The Kier molecular flexibility index (Phi) is 3.89. The summed E-state index contributed by atoms with van der Waals surface area (Å²) in [6, 6.07) is 12.7. The van der Waals surface area contributed by atoms with Gasteiger partial charge in [-0.3, -0.25) is 4.98 Å². The lowest BCUT2D eigenvalue weighted by Gasteiger charge is -2.11. The molecule has 1 atom stereocenters. The fourth-order valence-electron chi connectivity index (χ4n) is 2.50. The van der Waals surface area contributed by atoms with Crippen LogP contribution in [0, 0.1) is 0 Å². The molecular weight excluding hydrogens is 280 g/mol. The number of ether oxygens (including phenoxy) is 1. The first-order valence-electron chi connectivity index (χ1n) is 7.09. The average Bonchev–Trinajstić information content (AvgIpc) is 2.95. The smallest absolute Gasteiger partial charge is 0.355 e. The first-order valence-corrected chi connectivity index (χ1v) is 7.09. The number of benzene rings is 1. The van der Waals surface area contributed by atoms with Crippen molar-refractivity contribution in [2.45, 2.75) is 13.0 Å². The van der Waals surface area contributed by atoms with Crippen molar-refractivity contribution in [3.63, 3.8) is 0 Å². The first kappa shape index (κ1) is 14.3. The van der Waals surface area contributed by atoms with E-state index in [-0.39, 0.29) is 12.3 Å². The van der Waals surface area contributed by atoms with Crippen LogP contribution in [0.4, 0.5) is 0 Å². The highest BCUT2D eigenvalue weighted by Crippen LogP contribution is 2.31. The van der Waals surface area contributed by atoms with E-state index in [2.05, 4.69) is 9.97 Å². The molecule has 112 valence electrons. The molecule has 1 aromatic carbocycles. The number of aliphatic hydroxyl groups is 1. The molecule has 0 fully saturated rings. The third kappa shape index (κ3) is 2.46. The highest BCUT2D eigenvalue weighted by molar-refractivity contribution is 5.98. The Balaban J connectivity index is 2.17. The van der Waals surface area contributed by atoms with Crippen LogP contribution < -0.4 is 0 Å². The van der Waals surface area contributed by atoms with Gasteiger partial charge in [0.15, 0.2) is 0 Å². The number of nitrogens with one attached hydrogen (secondary N) is 1. The average molecular weight is 296 g/mol. The summed E-state index contributed by atoms with van der Waals surface area (Å²) >= 11 is 0. The summed E-state index contributed by atoms with van der Waals surface area (Å²) in [6.45, 7) is 2.02. The lowest BCUT2D eigenvalue weighted by Crippen LogP contribution is -2.11. The van der Waals surface area contributed by atoms with Crippen LogP contribution in [-0.2, 0) is 4.74 Å². The molecule has 2 heterocycles. The van der Waals surface area contributed by atoms with E-state index in [0.717, 1.165) is 10.9 Å². The molecule has 0 aliphatic carbocycles. The van der Waals surface area contributed by atoms with Crippen LogP contribution in [-0.4, -0.2) is 27.7 Å². The van der Waals surface area contributed by atoms with Gasteiger partial charge in [-0.25, -0.2) is 4.79 Å². The second-order valence-electron chi connectivity index (χ2n) is 4.84. The summed E-state index contributed by atoms with van der Waals surface area (Å²) in [5.41, 5.74) is 2.02. The van der Waals surface area contributed by atoms with Crippen molar-refractivity contribution in [1.29, 1.82) is 0 Å². The zero-order valence-electron chi connectivity index (χ0n) is 12.1. The first-order chi connectivity index (χ1) is 10.7. The fraction of sp³-hybridized carbons (Fsp3) is 0.176. The van der Waals surface area contributed by atoms with E-state index in [1.165, 1.54) is 0 Å². The predicted octanol–water partition coefficient (Wildman–Crippen LogP) is 2.82. The largest absolute Gasteiger partial charge is 0.461 e. The van der Waals surface area contributed by atoms with Crippen molar-refractivity contribution in [3.05, 3.63) is 65.6 Å². The number of nitrogens with zero attached hydrogens (tertiary/aromatic N) is 1. The van der Waals surface area contributed by atoms with Crippen molar-refractivity contribution in [2.75, 3.05) is 6.61 Å². The number of aliphatic hydroxyl groups excluding tert-OH is 1. The maximum absolute atomic E-state index is 12.2. The van der Waals surface area contributed by atoms with Gasteiger partial charge in [0.25, 0.3) is 0 Å². The van der Waals surface area contributed by atoms with Crippen LogP contribution in [0.25, 0.3) is 10.9 Å². The second-order valence-corrected chi connectivity index (χ2v) is 4.84. The Morgan fingerprint density at radius 1 is 1.27 bits per heavy atom. The van der Waals surface area contributed by atoms with Gasteiger partial charge in [-0.1, -0.05) is 24.3 Å². The molecule has 5 nitrogen and oxygen atoms in total. The molecule has 0 spiro atoms. The Labute approximate surface area is 127 Å². The summed E-state index contributed by atoms with van der Waals surface area (Å²) in [5.74, 6) is -0.483. The monoisotopic (exact) mass is 296 g/mol.